The Morgan fingerprint density at radius 3 is 2.85 bits per heavy atom. The number of benzene rings is 2. The highest BCUT2D eigenvalue weighted by molar-refractivity contribution is 6.05. The van der Waals surface area contributed by atoms with Gasteiger partial charge in [-0.2, -0.15) is 0 Å². The minimum Gasteiger partial charge on any atom is -0.488 e. The lowest BCUT2D eigenvalue weighted by Crippen LogP contribution is -2.52. The molecule has 34 heavy (non-hydrogen) atoms. The Balaban J connectivity index is 1.55. The van der Waals surface area contributed by atoms with E-state index in [-0.39, 0.29) is 11.0 Å². The first-order chi connectivity index (χ1) is 23.6. The van der Waals surface area contributed by atoms with E-state index in [4.69, 9.17) is 30.8 Å². The first kappa shape index (κ1) is 9.39. The normalized spacial score (nSPS) is 42.6. The maximum absolute atomic E-state index is 15.7. The van der Waals surface area contributed by atoms with Crippen LogP contribution in [0.1, 0.15) is 65.8 Å². The Bertz CT molecular complexity index is 1920. The third-order valence-corrected chi connectivity index (χ3v) is 4.54. The zero-order valence-corrected chi connectivity index (χ0v) is 16.8. The summed E-state index contributed by atoms with van der Waals surface area (Å²) in [5.41, 5.74) is -3.68. The molecule has 0 bridgehead atoms. The smallest absolute Gasteiger partial charge is 0.255 e. The molecule has 3 aliphatic rings. The molecule has 2 aromatic rings. The molecular formula is C25H26FN3O5. The van der Waals surface area contributed by atoms with Crippen LogP contribution in [0, 0.1) is 5.82 Å². The third-order valence-electron chi connectivity index (χ3n) is 4.54. The largest absolute Gasteiger partial charge is 0.488 e. The molecule has 178 valence electrons. The number of hydrogen-bond donors (Lipinski definition) is 1. The molecule has 3 heterocycles. The number of ether oxygens (including phenoxy) is 2. The van der Waals surface area contributed by atoms with Gasteiger partial charge in [0.25, 0.3) is 5.91 Å². The van der Waals surface area contributed by atoms with E-state index in [9.17, 15) is 14.4 Å². The number of amides is 3. The fraction of sp³-hybridized carbons (Fsp3) is 0.400. The fourth-order valence-electron chi connectivity index (χ4n) is 3.03. The van der Waals surface area contributed by atoms with E-state index in [2.05, 4.69) is 4.74 Å². The number of morpholine rings is 1. The number of fused-ring (bicyclic) bond motifs is 1. The minimum absolute atomic E-state index is 0.256. The van der Waals surface area contributed by atoms with Crippen molar-refractivity contribution in [2.24, 2.45) is 0 Å². The number of rotatable bonds is 6. The third kappa shape index (κ3) is 4.53. The van der Waals surface area contributed by atoms with Gasteiger partial charge in [-0.25, -0.2) is 4.39 Å². The van der Waals surface area contributed by atoms with Crippen LogP contribution in [0.2, 0.25) is 0 Å². The summed E-state index contributed by atoms with van der Waals surface area (Å²) in [7, 11) is 0. The Labute approximate surface area is 223 Å². The van der Waals surface area contributed by atoms with Crippen molar-refractivity contribution >= 4 is 17.7 Å². The average molecular weight is 487 g/mol. The molecule has 8 nitrogen and oxygen atoms in total. The predicted octanol–water partition coefficient (Wildman–Crippen LogP) is 2.00. The molecule has 1 N–H and O–H groups in total. The van der Waals surface area contributed by atoms with E-state index in [1.165, 1.54) is 5.32 Å². The van der Waals surface area contributed by atoms with Crippen molar-refractivity contribution < 1.29 is 54.3 Å². The highest BCUT2D eigenvalue weighted by Crippen LogP contribution is 2.34. The second-order valence-electron chi connectivity index (χ2n) is 6.69. The van der Waals surface area contributed by atoms with Gasteiger partial charge in [0.1, 0.15) is 24.1 Å². The van der Waals surface area contributed by atoms with Crippen LogP contribution in [-0.4, -0.2) is 59.7 Å². The highest BCUT2D eigenvalue weighted by Gasteiger charge is 2.40. The van der Waals surface area contributed by atoms with Gasteiger partial charge in [-0.1, -0.05) is 18.2 Å². The summed E-state index contributed by atoms with van der Waals surface area (Å²) in [6.45, 7) is -25.3. The van der Waals surface area contributed by atoms with E-state index >= 15 is 4.39 Å². The molecule has 5 rings (SSSR count). The lowest BCUT2D eigenvalue weighted by molar-refractivity contribution is -0.136. The lowest BCUT2D eigenvalue weighted by atomic mass is 10.0. The van der Waals surface area contributed by atoms with E-state index in [0.29, 0.717) is 12.1 Å². The fourth-order valence-corrected chi connectivity index (χ4v) is 3.03. The van der Waals surface area contributed by atoms with Crippen molar-refractivity contribution in [3.8, 4) is 5.75 Å². The molecule has 1 atom stereocenters. The van der Waals surface area contributed by atoms with E-state index < -0.39 is 121 Å². The summed E-state index contributed by atoms with van der Waals surface area (Å²) in [6, 6.07) is 0.420. The number of nitrogens with one attached hydrogen (secondary N) is 1. The molecule has 9 heteroatoms. The van der Waals surface area contributed by atoms with Gasteiger partial charge in [-0.05, 0) is 30.1 Å². The summed E-state index contributed by atoms with van der Waals surface area (Å²) in [4.78, 5) is 37.9. The van der Waals surface area contributed by atoms with Crippen LogP contribution in [0.15, 0.2) is 36.4 Å². The Morgan fingerprint density at radius 1 is 1.24 bits per heavy atom. The van der Waals surface area contributed by atoms with Crippen molar-refractivity contribution in [3.63, 3.8) is 0 Å². The van der Waals surface area contributed by atoms with E-state index in [0.717, 1.165) is 18.2 Å². The predicted molar refractivity (Wildman–Crippen MR) is 119 cm³/mol. The molecule has 2 aromatic carbocycles. The van der Waals surface area contributed by atoms with Crippen LogP contribution in [-0.2, 0) is 33.9 Å². The van der Waals surface area contributed by atoms with Gasteiger partial charge in [0.15, 0.2) is 0 Å². The summed E-state index contributed by atoms with van der Waals surface area (Å²) >= 11 is 0. The topological polar surface area (TPSA) is 88.2 Å². The van der Waals surface area contributed by atoms with Crippen LogP contribution in [0.4, 0.5) is 4.39 Å². The van der Waals surface area contributed by atoms with Crippen molar-refractivity contribution in [1.82, 2.24) is 15.1 Å². The molecule has 3 aliphatic heterocycles. The Morgan fingerprint density at radius 2 is 2.06 bits per heavy atom. The monoisotopic (exact) mass is 486 g/mol. The van der Waals surface area contributed by atoms with Crippen LogP contribution < -0.4 is 10.1 Å². The van der Waals surface area contributed by atoms with Gasteiger partial charge < -0.3 is 14.4 Å². The van der Waals surface area contributed by atoms with Crippen molar-refractivity contribution in [3.05, 3.63) is 64.5 Å². The first-order valence-corrected chi connectivity index (χ1v) is 9.44. The molecule has 2 fully saturated rings. The standard InChI is InChI=1S/C25H26FN3O5/c26-20-12-16(13-28-8-10-33-11-9-28)4-5-17(20)15-34-22-3-1-2-18-19(22)14-29(25(18)32)21-6-7-23(30)27-24(21)31/h1-5,12,21H,6-11,13-15H2,(H,27,30,31)/t21-/m0/s1/i6D2,7D2,8D2,9D2,10D2,11D2,13D2,14D2,15D2,21D. The molecule has 3 amide bonds. The maximum Gasteiger partial charge on any atom is 0.255 e. The second kappa shape index (κ2) is 9.52. The molecule has 0 spiro atoms. The number of halogens is 1. The number of carbonyl (C=O) groups is 3. The van der Waals surface area contributed by atoms with Gasteiger partial charge in [0.05, 0.1) is 32.0 Å². The van der Waals surface area contributed by atoms with Crippen LogP contribution >= 0.6 is 0 Å². The Kier molecular flexibility index (Phi) is 2.63. The van der Waals surface area contributed by atoms with Gasteiger partial charge in [-0.3, -0.25) is 24.6 Å². The van der Waals surface area contributed by atoms with E-state index in [1.807, 2.05) is 0 Å². The number of piperidine rings is 1. The quantitative estimate of drug-likeness (QED) is 0.629. The van der Waals surface area contributed by atoms with Gasteiger partial charge in [-0.15, -0.1) is 0 Å². The van der Waals surface area contributed by atoms with E-state index in [1.54, 1.807) is 0 Å². The van der Waals surface area contributed by atoms with Gasteiger partial charge >= 0.3 is 0 Å². The SMILES string of the molecule is [2H]C([2H])(Oc1cccc2c1C([2H])([2H])N([C@]1([2H])C(=O)NC(=O)C([2H])([2H])C1([2H])[2H])C2=O)c1ccc(C([2H])([2H])N2C([2H])([2H])C([2H])([2H])OC([2H])([2H])C2([2H])[2H])cc1F. The highest BCUT2D eigenvalue weighted by atomic mass is 19.1. The molecule has 2 saturated heterocycles. The second-order valence-corrected chi connectivity index (χ2v) is 6.69. The maximum atomic E-state index is 15.7. The van der Waals surface area contributed by atoms with Crippen LogP contribution in [0.25, 0.3) is 0 Å². The lowest BCUT2D eigenvalue weighted by Gasteiger charge is -2.29. The van der Waals surface area contributed by atoms with Crippen LogP contribution in [0.5, 0.6) is 5.75 Å². The zero-order valence-electron chi connectivity index (χ0n) is 35.8. The number of carbonyl (C=O) groups excluding carboxylic acids is 3. The van der Waals surface area contributed by atoms with Crippen molar-refractivity contribution in [1.29, 1.82) is 0 Å². The molecule has 0 aliphatic carbocycles. The molecule has 0 aromatic heterocycles. The molecule has 0 radical (unpaired) electrons. The average Bonchev–Trinajstić information content (AvgIpc) is 3.18. The van der Waals surface area contributed by atoms with Gasteiger partial charge in [0, 0.05) is 56.3 Å². The number of hydrogen-bond acceptors (Lipinski definition) is 6. The number of nitrogens with zero attached hydrogens (tertiary/aromatic N) is 2. The first-order valence-electron chi connectivity index (χ1n) is 18.9. The number of imide groups is 1. The zero-order chi connectivity index (χ0) is 40.7. The minimum atomic E-state index is -3.89. The summed E-state index contributed by atoms with van der Waals surface area (Å²) in [5.74, 6) is -7.83. The summed E-state index contributed by atoms with van der Waals surface area (Å²) in [5, 5.41) is 1.42. The molecule has 0 saturated carbocycles. The van der Waals surface area contributed by atoms with Crippen molar-refractivity contribution in [2.45, 2.75) is 38.3 Å². The molecular weight excluding hydrogens is 441 g/mol. The molecule has 0 unspecified atom stereocenters. The summed E-state index contributed by atoms with van der Waals surface area (Å²) in [6.07, 6.45) is -7.55. The summed E-state index contributed by atoms with van der Waals surface area (Å²) < 4.78 is 182. The van der Waals surface area contributed by atoms with Gasteiger partial charge in [0.2, 0.25) is 11.8 Å². The van der Waals surface area contributed by atoms with Crippen LogP contribution in [0.3, 0.4) is 0 Å². The Hall–Kier alpha value is -3.30. The van der Waals surface area contributed by atoms with Crippen molar-refractivity contribution in [2.75, 3.05) is 26.1 Å².